The van der Waals surface area contributed by atoms with E-state index >= 15 is 0 Å². The molecule has 8 heteroatoms. The zero-order valence-electron chi connectivity index (χ0n) is 18.0. The number of carboxylic acid groups (broad SMARTS) is 1. The van der Waals surface area contributed by atoms with Crippen LogP contribution in [-0.4, -0.2) is 35.2 Å². The summed E-state index contributed by atoms with van der Waals surface area (Å²) in [6.07, 6.45) is 0.150. The van der Waals surface area contributed by atoms with Gasteiger partial charge in [-0.3, -0.25) is 4.79 Å². The molecular weight excluding hydrogens is 456 g/mol. The highest BCUT2D eigenvalue weighted by atomic mass is 35.5. The Kier molecular flexibility index (Phi) is 5.49. The van der Waals surface area contributed by atoms with Gasteiger partial charge in [0.15, 0.2) is 0 Å². The number of hydrogen-bond donors (Lipinski definition) is 3. The van der Waals surface area contributed by atoms with Crippen molar-refractivity contribution in [2.75, 3.05) is 11.9 Å². The third-order valence-corrected chi connectivity index (χ3v) is 6.56. The molecule has 2 aliphatic rings. The van der Waals surface area contributed by atoms with E-state index in [-0.39, 0.29) is 28.8 Å². The van der Waals surface area contributed by atoms with Gasteiger partial charge in [-0.1, -0.05) is 60.1 Å². The third kappa shape index (κ3) is 3.99. The number of benzene rings is 3. The molecule has 0 atom stereocenters. The van der Waals surface area contributed by atoms with Gasteiger partial charge in [-0.05, 0) is 53.3 Å². The molecule has 172 valence electrons. The van der Waals surface area contributed by atoms with Gasteiger partial charge in [-0.25, -0.2) is 9.59 Å². The summed E-state index contributed by atoms with van der Waals surface area (Å²) >= 11 is 5.96. The van der Waals surface area contributed by atoms with Crippen molar-refractivity contribution in [1.29, 1.82) is 0 Å². The highest BCUT2D eigenvalue weighted by molar-refractivity contribution is 6.31. The first-order chi connectivity index (χ1) is 16.4. The molecule has 1 fully saturated rings. The quantitative estimate of drug-likeness (QED) is 0.462. The monoisotopic (exact) mass is 476 g/mol. The Balaban J connectivity index is 1.26. The highest BCUT2D eigenvalue weighted by Gasteiger charge is 2.52. The maximum absolute atomic E-state index is 12.9. The summed E-state index contributed by atoms with van der Waals surface area (Å²) in [6.45, 7) is 0.134. The van der Waals surface area contributed by atoms with Crippen LogP contribution in [0.15, 0.2) is 66.7 Å². The zero-order chi connectivity index (χ0) is 23.9. The predicted molar refractivity (Wildman–Crippen MR) is 127 cm³/mol. The van der Waals surface area contributed by atoms with E-state index in [1.54, 1.807) is 0 Å². The predicted octanol–water partition coefficient (Wildman–Crippen LogP) is 5.05. The van der Waals surface area contributed by atoms with Crippen LogP contribution in [0.4, 0.5) is 10.5 Å². The molecule has 0 heterocycles. The van der Waals surface area contributed by atoms with Crippen molar-refractivity contribution in [3.63, 3.8) is 0 Å². The smallest absolute Gasteiger partial charge is 0.408 e. The van der Waals surface area contributed by atoms with E-state index < -0.39 is 23.5 Å². The molecule has 0 radical (unpaired) electrons. The molecule has 7 nitrogen and oxygen atoms in total. The molecule has 3 N–H and O–H groups in total. The summed E-state index contributed by atoms with van der Waals surface area (Å²) in [5.41, 5.74) is 3.29. The number of amides is 2. The summed E-state index contributed by atoms with van der Waals surface area (Å²) in [4.78, 5) is 37.0. The lowest BCUT2D eigenvalue weighted by Crippen LogP contribution is -2.46. The Bertz CT molecular complexity index is 1270. The zero-order valence-corrected chi connectivity index (χ0v) is 18.8. The Hall–Kier alpha value is -3.84. The van der Waals surface area contributed by atoms with Crippen molar-refractivity contribution in [3.8, 4) is 11.1 Å². The minimum absolute atomic E-state index is 0.0746. The number of carbonyl (C=O) groups is 3. The molecule has 0 unspecified atom stereocenters. The number of nitrogens with one attached hydrogen (secondary N) is 2. The van der Waals surface area contributed by atoms with E-state index in [9.17, 15) is 19.5 Å². The lowest BCUT2D eigenvalue weighted by Gasteiger charge is -2.19. The minimum Gasteiger partial charge on any atom is -0.478 e. The molecular formula is C26H21ClN2O5. The molecule has 1 saturated carbocycles. The Morgan fingerprint density at radius 3 is 2.18 bits per heavy atom. The van der Waals surface area contributed by atoms with Crippen molar-refractivity contribution < 1.29 is 24.2 Å². The van der Waals surface area contributed by atoms with Crippen LogP contribution >= 0.6 is 11.6 Å². The summed E-state index contributed by atoms with van der Waals surface area (Å²) in [5.74, 6) is -1.79. The Morgan fingerprint density at radius 2 is 1.59 bits per heavy atom. The lowest BCUT2D eigenvalue weighted by molar-refractivity contribution is -0.119. The van der Waals surface area contributed by atoms with Crippen molar-refractivity contribution in [3.05, 3.63) is 88.4 Å². The largest absolute Gasteiger partial charge is 0.478 e. The van der Waals surface area contributed by atoms with Gasteiger partial charge in [-0.15, -0.1) is 0 Å². The highest BCUT2D eigenvalue weighted by Crippen LogP contribution is 2.44. The van der Waals surface area contributed by atoms with E-state index in [1.807, 2.05) is 36.4 Å². The molecule has 0 bridgehead atoms. The maximum Gasteiger partial charge on any atom is 0.408 e. The van der Waals surface area contributed by atoms with Crippen LogP contribution in [0.3, 0.4) is 0 Å². The van der Waals surface area contributed by atoms with Gasteiger partial charge >= 0.3 is 12.1 Å². The van der Waals surface area contributed by atoms with E-state index in [2.05, 4.69) is 22.8 Å². The molecule has 3 aromatic rings. The lowest BCUT2D eigenvalue weighted by atomic mass is 9.98. The Labute approximate surface area is 200 Å². The van der Waals surface area contributed by atoms with Crippen LogP contribution in [0.5, 0.6) is 0 Å². The Morgan fingerprint density at radius 1 is 0.971 bits per heavy atom. The van der Waals surface area contributed by atoms with Crippen LogP contribution in [0.1, 0.15) is 40.2 Å². The number of carbonyl (C=O) groups excluding carboxylic acids is 2. The average Bonchev–Trinajstić information content (AvgIpc) is 3.53. The van der Waals surface area contributed by atoms with E-state index in [4.69, 9.17) is 16.3 Å². The fourth-order valence-electron chi connectivity index (χ4n) is 4.41. The molecule has 3 aromatic carbocycles. The first kappa shape index (κ1) is 22.0. The molecule has 0 spiro atoms. The normalized spacial score (nSPS) is 15.1. The standard InChI is InChI=1S/C26H21ClN2O5/c27-15-9-10-20(23(30)31)22(13-15)28-24(32)26(11-12-26)29-25(33)34-14-21-18-7-3-1-5-16(18)17-6-2-4-8-19(17)21/h1-10,13,21H,11-12,14H2,(H,28,32)(H,29,33)(H,30,31). The topological polar surface area (TPSA) is 105 Å². The second-order valence-electron chi connectivity index (χ2n) is 8.48. The molecule has 0 aliphatic heterocycles. The van der Waals surface area contributed by atoms with Crippen molar-refractivity contribution in [1.82, 2.24) is 5.32 Å². The summed E-state index contributed by atoms with van der Waals surface area (Å²) in [6, 6.07) is 20.2. The van der Waals surface area contributed by atoms with Crippen LogP contribution < -0.4 is 10.6 Å². The number of fused-ring (bicyclic) bond motifs is 3. The van der Waals surface area contributed by atoms with Crippen LogP contribution in [0.25, 0.3) is 11.1 Å². The first-order valence-corrected chi connectivity index (χ1v) is 11.2. The molecule has 2 aliphatic carbocycles. The summed E-state index contributed by atoms with van der Waals surface area (Å²) in [7, 11) is 0. The second kappa shape index (κ2) is 8.50. The van der Waals surface area contributed by atoms with Crippen molar-refractivity contribution in [2.45, 2.75) is 24.3 Å². The van der Waals surface area contributed by atoms with Gasteiger partial charge in [0.2, 0.25) is 5.91 Å². The number of aromatic carboxylic acids is 1. The number of hydrogen-bond acceptors (Lipinski definition) is 4. The van der Waals surface area contributed by atoms with E-state index in [0.29, 0.717) is 12.8 Å². The third-order valence-electron chi connectivity index (χ3n) is 6.33. The number of ether oxygens (including phenoxy) is 1. The first-order valence-electron chi connectivity index (χ1n) is 10.9. The van der Waals surface area contributed by atoms with Gasteiger partial charge in [-0.2, -0.15) is 0 Å². The SMILES string of the molecule is O=C(NC1(C(=O)Nc2cc(Cl)ccc2C(=O)O)CC1)OCC1c2ccccc2-c2ccccc21. The maximum atomic E-state index is 12.9. The molecule has 34 heavy (non-hydrogen) atoms. The molecule has 0 aromatic heterocycles. The number of rotatable bonds is 6. The number of carboxylic acids is 1. The summed E-state index contributed by atoms with van der Waals surface area (Å²) in [5, 5.41) is 14.9. The fraction of sp³-hybridized carbons (Fsp3) is 0.192. The molecule has 0 saturated heterocycles. The van der Waals surface area contributed by atoms with E-state index in [1.165, 1.54) is 18.2 Å². The fourth-order valence-corrected chi connectivity index (χ4v) is 4.58. The number of alkyl carbamates (subject to hydrolysis) is 1. The van der Waals surface area contributed by atoms with Gasteiger partial charge in [0, 0.05) is 10.9 Å². The van der Waals surface area contributed by atoms with Gasteiger partial charge < -0.3 is 20.5 Å². The number of anilines is 1. The van der Waals surface area contributed by atoms with Crippen LogP contribution in [0.2, 0.25) is 5.02 Å². The minimum atomic E-state index is -1.19. The van der Waals surface area contributed by atoms with Crippen LogP contribution in [-0.2, 0) is 9.53 Å². The number of halogens is 1. The van der Waals surface area contributed by atoms with Crippen molar-refractivity contribution in [2.24, 2.45) is 0 Å². The van der Waals surface area contributed by atoms with Gasteiger partial charge in [0.05, 0.1) is 11.3 Å². The summed E-state index contributed by atoms with van der Waals surface area (Å²) < 4.78 is 5.55. The van der Waals surface area contributed by atoms with Crippen molar-refractivity contribution >= 4 is 35.3 Å². The molecule has 2 amide bonds. The van der Waals surface area contributed by atoms with E-state index in [0.717, 1.165) is 22.3 Å². The second-order valence-corrected chi connectivity index (χ2v) is 8.92. The van der Waals surface area contributed by atoms with Gasteiger partial charge in [0.25, 0.3) is 0 Å². The molecule has 5 rings (SSSR count). The van der Waals surface area contributed by atoms with Crippen LogP contribution in [0, 0.1) is 0 Å². The van der Waals surface area contributed by atoms with Gasteiger partial charge in [0.1, 0.15) is 12.1 Å². The average molecular weight is 477 g/mol.